The zero-order valence-electron chi connectivity index (χ0n) is 17.0. The first-order valence-electron chi connectivity index (χ1n) is 9.77. The zero-order valence-corrected chi connectivity index (χ0v) is 19.4. The molecule has 2 aromatic carbocycles. The third-order valence-electron chi connectivity index (χ3n) is 4.70. The van der Waals surface area contributed by atoms with Crippen molar-refractivity contribution in [3.63, 3.8) is 0 Å². The molecule has 31 heavy (non-hydrogen) atoms. The van der Waals surface area contributed by atoms with E-state index in [-0.39, 0.29) is 11.1 Å². The maximum atomic E-state index is 12.4. The van der Waals surface area contributed by atoms with E-state index in [0.717, 1.165) is 50.1 Å². The Morgan fingerprint density at radius 1 is 1.16 bits per heavy atom. The van der Waals surface area contributed by atoms with Gasteiger partial charge in [-0.2, -0.15) is 5.10 Å². The maximum absolute atomic E-state index is 12.4. The number of hydrogen-bond donors (Lipinski definition) is 0. The topological polar surface area (TPSA) is 64.4 Å². The zero-order chi connectivity index (χ0) is 22.0. The van der Waals surface area contributed by atoms with Gasteiger partial charge >= 0.3 is 0 Å². The number of carbonyl (C=O) groups excluding carboxylic acids is 2. The van der Waals surface area contributed by atoms with Crippen LogP contribution in [0.1, 0.15) is 18.9 Å². The standard InChI is InChI=1S/C23H20BrN3O3S/c1-3-11-30-19-10-9-15(12-18(19)24)21-16(13-20-22(28)26(2)23(29)31-20)14-27(25-21)17-7-5-4-6-8-17/h4-10,12-14H,3,11H2,1-2H3. The SMILES string of the molecule is CCCOc1ccc(-c2nn(-c3ccccc3)cc2C=C2SC(=O)N(C)C2=O)cc1Br. The van der Waals surface area contributed by atoms with Crippen LogP contribution in [0.15, 0.2) is 64.1 Å². The summed E-state index contributed by atoms with van der Waals surface area (Å²) in [5.74, 6) is 0.458. The third kappa shape index (κ3) is 4.45. The van der Waals surface area contributed by atoms with Gasteiger partial charge in [0.25, 0.3) is 11.1 Å². The lowest BCUT2D eigenvalue weighted by molar-refractivity contribution is -0.121. The van der Waals surface area contributed by atoms with Crippen LogP contribution in [0, 0.1) is 0 Å². The molecule has 0 aliphatic carbocycles. The molecule has 4 rings (SSSR count). The van der Waals surface area contributed by atoms with E-state index in [1.807, 2.05) is 54.7 Å². The Hall–Kier alpha value is -2.84. The molecule has 3 aromatic rings. The van der Waals surface area contributed by atoms with E-state index < -0.39 is 0 Å². The summed E-state index contributed by atoms with van der Waals surface area (Å²) >= 11 is 4.51. The number of hydrogen-bond acceptors (Lipinski definition) is 5. The number of carbonyl (C=O) groups is 2. The highest BCUT2D eigenvalue weighted by Gasteiger charge is 2.32. The molecule has 0 unspecified atom stereocenters. The third-order valence-corrected chi connectivity index (χ3v) is 6.28. The van der Waals surface area contributed by atoms with Crippen LogP contribution in [0.5, 0.6) is 5.75 Å². The van der Waals surface area contributed by atoms with Gasteiger partial charge in [0.05, 0.1) is 21.7 Å². The predicted molar refractivity (Wildman–Crippen MR) is 126 cm³/mol. The van der Waals surface area contributed by atoms with Gasteiger partial charge in [-0.15, -0.1) is 0 Å². The fraction of sp³-hybridized carbons (Fsp3) is 0.174. The predicted octanol–water partition coefficient (Wildman–Crippen LogP) is 5.76. The van der Waals surface area contributed by atoms with E-state index in [1.54, 1.807) is 10.8 Å². The number of rotatable bonds is 6. The van der Waals surface area contributed by atoms with Gasteiger partial charge in [0, 0.05) is 24.4 Å². The van der Waals surface area contributed by atoms with Gasteiger partial charge in [0.2, 0.25) is 0 Å². The molecular formula is C23H20BrN3O3S. The number of benzene rings is 2. The van der Waals surface area contributed by atoms with Crippen LogP contribution in [0.2, 0.25) is 0 Å². The van der Waals surface area contributed by atoms with Gasteiger partial charge in [0.15, 0.2) is 0 Å². The lowest BCUT2D eigenvalue weighted by Crippen LogP contribution is -2.22. The summed E-state index contributed by atoms with van der Waals surface area (Å²) in [6.07, 6.45) is 4.52. The highest BCUT2D eigenvalue weighted by molar-refractivity contribution is 9.10. The molecule has 158 valence electrons. The van der Waals surface area contributed by atoms with Crippen molar-refractivity contribution in [1.29, 1.82) is 0 Å². The Bertz CT molecular complexity index is 1170. The molecule has 1 saturated heterocycles. The van der Waals surface area contributed by atoms with E-state index in [4.69, 9.17) is 9.84 Å². The van der Waals surface area contributed by atoms with Gasteiger partial charge in [-0.25, -0.2) is 4.68 Å². The van der Waals surface area contributed by atoms with Gasteiger partial charge in [-0.05, 0) is 70.5 Å². The highest BCUT2D eigenvalue weighted by Crippen LogP contribution is 2.36. The second-order valence-corrected chi connectivity index (χ2v) is 8.80. The molecule has 0 atom stereocenters. The molecule has 0 bridgehead atoms. The average molecular weight is 498 g/mol. The number of halogens is 1. The second-order valence-electron chi connectivity index (χ2n) is 6.95. The molecule has 1 aromatic heterocycles. The van der Waals surface area contributed by atoms with Crippen molar-refractivity contribution in [3.8, 4) is 22.7 Å². The molecule has 0 saturated carbocycles. The first-order chi connectivity index (χ1) is 15.0. The fourth-order valence-electron chi connectivity index (χ4n) is 3.09. The number of nitrogens with zero attached hydrogens (tertiary/aromatic N) is 3. The Kier molecular flexibility index (Phi) is 6.29. The quantitative estimate of drug-likeness (QED) is 0.405. The van der Waals surface area contributed by atoms with E-state index in [0.29, 0.717) is 17.2 Å². The van der Waals surface area contributed by atoms with E-state index in [9.17, 15) is 9.59 Å². The number of aromatic nitrogens is 2. The Morgan fingerprint density at radius 3 is 2.58 bits per heavy atom. The summed E-state index contributed by atoms with van der Waals surface area (Å²) < 4.78 is 8.35. The summed E-state index contributed by atoms with van der Waals surface area (Å²) in [5.41, 5.74) is 3.22. The molecule has 2 amide bonds. The summed E-state index contributed by atoms with van der Waals surface area (Å²) in [7, 11) is 1.49. The molecule has 1 aliphatic heterocycles. The van der Waals surface area contributed by atoms with Crippen molar-refractivity contribution in [2.45, 2.75) is 13.3 Å². The lowest BCUT2D eigenvalue weighted by Gasteiger charge is -2.08. The van der Waals surface area contributed by atoms with Crippen molar-refractivity contribution in [2.24, 2.45) is 0 Å². The number of para-hydroxylation sites is 1. The Balaban J connectivity index is 1.79. The minimum absolute atomic E-state index is 0.284. The van der Waals surface area contributed by atoms with Crippen molar-refractivity contribution in [3.05, 3.63) is 69.7 Å². The summed E-state index contributed by atoms with van der Waals surface area (Å²) in [6, 6.07) is 15.5. The molecule has 0 radical (unpaired) electrons. The molecule has 0 spiro atoms. The number of amides is 2. The maximum Gasteiger partial charge on any atom is 0.293 e. The van der Waals surface area contributed by atoms with Crippen LogP contribution >= 0.6 is 27.7 Å². The highest BCUT2D eigenvalue weighted by atomic mass is 79.9. The number of ether oxygens (including phenoxy) is 1. The van der Waals surface area contributed by atoms with Crippen molar-refractivity contribution >= 4 is 44.9 Å². The molecule has 8 heteroatoms. The molecule has 2 heterocycles. The Labute approximate surface area is 193 Å². The van der Waals surface area contributed by atoms with Crippen LogP contribution in [-0.4, -0.2) is 39.5 Å². The fourth-order valence-corrected chi connectivity index (χ4v) is 4.41. The van der Waals surface area contributed by atoms with Gasteiger partial charge in [0.1, 0.15) is 11.4 Å². The monoisotopic (exact) mass is 497 g/mol. The van der Waals surface area contributed by atoms with Crippen molar-refractivity contribution in [1.82, 2.24) is 14.7 Å². The first kappa shape index (κ1) is 21.4. The van der Waals surface area contributed by atoms with Crippen molar-refractivity contribution < 1.29 is 14.3 Å². The smallest absolute Gasteiger partial charge is 0.293 e. The van der Waals surface area contributed by atoms with Gasteiger partial charge < -0.3 is 4.74 Å². The van der Waals surface area contributed by atoms with Crippen LogP contribution in [0.25, 0.3) is 23.0 Å². The lowest BCUT2D eigenvalue weighted by atomic mass is 10.1. The van der Waals surface area contributed by atoms with Crippen molar-refractivity contribution in [2.75, 3.05) is 13.7 Å². The van der Waals surface area contributed by atoms with Gasteiger partial charge in [-0.1, -0.05) is 25.1 Å². The van der Waals surface area contributed by atoms with E-state index in [2.05, 4.69) is 22.9 Å². The van der Waals surface area contributed by atoms with E-state index in [1.165, 1.54) is 7.05 Å². The molecular weight excluding hydrogens is 478 g/mol. The Morgan fingerprint density at radius 2 is 1.94 bits per heavy atom. The molecule has 6 nitrogen and oxygen atoms in total. The average Bonchev–Trinajstić information content (AvgIpc) is 3.30. The van der Waals surface area contributed by atoms with Crippen LogP contribution in [-0.2, 0) is 4.79 Å². The van der Waals surface area contributed by atoms with Crippen LogP contribution < -0.4 is 4.74 Å². The summed E-state index contributed by atoms with van der Waals surface area (Å²) in [5, 5.41) is 4.50. The molecule has 1 aliphatic rings. The number of likely N-dealkylation sites (N-methyl/N-ethyl adjacent to an activating group) is 1. The minimum atomic E-state index is -0.307. The minimum Gasteiger partial charge on any atom is -0.492 e. The van der Waals surface area contributed by atoms with E-state index >= 15 is 0 Å². The largest absolute Gasteiger partial charge is 0.492 e. The molecule has 1 fully saturated rings. The summed E-state index contributed by atoms with van der Waals surface area (Å²) in [4.78, 5) is 25.8. The second kappa shape index (κ2) is 9.11. The molecule has 0 N–H and O–H groups in total. The number of imide groups is 1. The normalized spacial score (nSPS) is 15.2. The number of thioether (sulfide) groups is 1. The van der Waals surface area contributed by atoms with Gasteiger partial charge in [-0.3, -0.25) is 14.5 Å². The summed E-state index contributed by atoms with van der Waals surface area (Å²) in [6.45, 7) is 2.70. The van der Waals surface area contributed by atoms with Crippen LogP contribution in [0.3, 0.4) is 0 Å². The first-order valence-corrected chi connectivity index (χ1v) is 11.4. The van der Waals surface area contributed by atoms with Crippen LogP contribution in [0.4, 0.5) is 4.79 Å².